The van der Waals surface area contributed by atoms with E-state index in [0.29, 0.717) is 38.9 Å². The van der Waals surface area contributed by atoms with Crippen molar-refractivity contribution in [1.82, 2.24) is 9.97 Å². The first-order valence-corrected chi connectivity index (χ1v) is 6.82. The molecule has 0 bridgehead atoms. The summed E-state index contributed by atoms with van der Waals surface area (Å²) in [5.41, 5.74) is -0.310. The van der Waals surface area contributed by atoms with E-state index in [0.717, 1.165) is 18.9 Å². The standard InChI is InChI=1S/C13H19N3O4/c1-2-3-6-20-12(18)10-9-11(17)15-13(14-10)16-4-7-19-8-5-16/h9H,2-8H2,1H3,(H,14,15,17). The van der Waals surface area contributed by atoms with E-state index < -0.39 is 5.97 Å². The van der Waals surface area contributed by atoms with Crippen molar-refractivity contribution >= 4 is 11.9 Å². The molecule has 2 rings (SSSR count). The van der Waals surface area contributed by atoms with Gasteiger partial charge in [-0.25, -0.2) is 9.78 Å². The van der Waals surface area contributed by atoms with Gasteiger partial charge < -0.3 is 14.4 Å². The van der Waals surface area contributed by atoms with Gasteiger partial charge in [0.05, 0.1) is 19.8 Å². The van der Waals surface area contributed by atoms with Crippen molar-refractivity contribution in [3.8, 4) is 0 Å². The van der Waals surface area contributed by atoms with Crippen LogP contribution in [-0.2, 0) is 9.47 Å². The van der Waals surface area contributed by atoms with Crippen molar-refractivity contribution in [1.29, 1.82) is 0 Å². The van der Waals surface area contributed by atoms with Crippen molar-refractivity contribution in [2.45, 2.75) is 19.8 Å². The van der Waals surface area contributed by atoms with Crippen LogP contribution >= 0.6 is 0 Å². The van der Waals surface area contributed by atoms with E-state index in [1.165, 1.54) is 0 Å². The third-order valence-corrected chi connectivity index (χ3v) is 2.98. The maximum atomic E-state index is 11.8. The molecule has 1 N–H and O–H groups in total. The van der Waals surface area contributed by atoms with Crippen LogP contribution < -0.4 is 10.5 Å². The molecule has 0 unspecified atom stereocenters. The first-order chi connectivity index (χ1) is 9.70. The lowest BCUT2D eigenvalue weighted by Gasteiger charge is -2.27. The van der Waals surface area contributed by atoms with Gasteiger partial charge in [-0.05, 0) is 6.42 Å². The number of rotatable bonds is 5. The molecule has 1 aromatic heterocycles. The average Bonchev–Trinajstić information content (AvgIpc) is 2.47. The second kappa shape index (κ2) is 7.04. The minimum atomic E-state index is -0.556. The quantitative estimate of drug-likeness (QED) is 0.627. The topological polar surface area (TPSA) is 84.5 Å². The minimum absolute atomic E-state index is 0.0475. The number of unbranched alkanes of at least 4 members (excludes halogenated alkanes) is 1. The van der Waals surface area contributed by atoms with E-state index in [2.05, 4.69) is 9.97 Å². The lowest BCUT2D eigenvalue weighted by Crippen LogP contribution is -2.38. The number of esters is 1. The van der Waals surface area contributed by atoms with Crippen molar-refractivity contribution in [2.75, 3.05) is 37.8 Å². The fraction of sp³-hybridized carbons (Fsp3) is 0.615. The maximum absolute atomic E-state index is 11.8. The number of hydrogen-bond acceptors (Lipinski definition) is 6. The molecule has 0 spiro atoms. The Morgan fingerprint density at radius 1 is 1.50 bits per heavy atom. The SMILES string of the molecule is CCCCOC(=O)c1cc(=O)[nH]c(N2CCOCC2)n1. The van der Waals surface area contributed by atoms with Crippen LogP contribution in [0.3, 0.4) is 0 Å². The van der Waals surface area contributed by atoms with Crippen LogP contribution in [0.5, 0.6) is 0 Å². The normalized spacial score (nSPS) is 15.2. The zero-order valence-electron chi connectivity index (χ0n) is 11.6. The first kappa shape index (κ1) is 14.5. The Kier molecular flexibility index (Phi) is 5.11. The Morgan fingerprint density at radius 3 is 2.95 bits per heavy atom. The smallest absolute Gasteiger partial charge is 0.357 e. The van der Waals surface area contributed by atoms with E-state index in [1.807, 2.05) is 11.8 Å². The summed E-state index contributed by atoms with van der Waals surface area (Å²) >= 11 is 0. The second-order valence-corrected chi connectivity index (χ2v) is 4.54. The van der Waals surface area contributed by atoms with Crippen LogP contribution in [0.1, 0.15) is 30.3 Å². The Bertz CT molecular complexity index is 509. The molecule has 1 fully saturated rings. The predicted molar refractivity (Wildman–Crippen MR) is 73.1 cm³/mol. The summed E-state index contributed by atoms with van der Waals surface area (Å²) in [6.45, 7) is 4.78. The minimum Gasteiger partial charge on any atom is -0.461 e. The summed E-state index contributed by atoms with van der Waals surface area (Å²) in [5.74, 6) is -0.165. The first-order valence-electron chi connectivity index (χ1n) is 6.82. The molecule has 1 aliphatic heterocycles. The summed E-state index contributed by atoms with van der Waals surface area (Å²) in [5, 5.41) is 0. The summed E-state index contributed by atoms with van der Waals surface area (Å²) < 4.78 is 10.3. The van der Waals surface area contributed by atoms with Crippen molar-refractivity contribution in [2.24, 2.45) is 0 Å². The summed E-state index contributed by atoms with van der Waals surface area (Å²) in [7, 11) is 0. The van der Waals surface area contributed by atoms with Crippen molar-refractivity contribution in [3.63, 3.8) is 0 Å². The van der Waals surface area contributed by atoms with Crippen LogP contribution in [0.4, 0.5) is 5.95 Å². The zero-order valence-corrected chi connectivity index (χ0v) is 11.6. The van der Waals surface area contributed by atoms with Gasteiger partial charge in [-0.2, -0.15) is 0 Å². The zero-order chi connectivity index (χ0) is 14.4. The molecule has 0 atom stereocenters. The number of aromatic amines is 1. The fourth-order valence-electron chi connectivity index (χ4n) is 1.86. The van der Waals surface area contributed by atoms with Gasteiger partial charge in [0.15, 0.2) is 5.69 Å². The number of nitrogens with one attached hydrogen (secondary N) is 1. The highest BCUT2D eigenvalue weighted by Gasteiger charge is 2.17. The Balaban J connectivity index is 2.11. The number of ether oxygens (including phenoxy) is 2. The molecule has 0 saturated carbocycles. The van der Waals surface area contributed by atoms with Crippen molar-refractivity contribution in [3.05, 3.63) is 22.1 Å². The van der Waals surface area contributed by atoms with E-state index in [9.17, 15) is 9.59 Å². The summed E-state index contributed by atoms with van der Waals surface area (Å²) in [6.07, 6.45) is 1.74. The Morgan fingerprint density at radius 2 is 2.25 bits per heavy atom. The van der Waals surface area contributed by atoms with E-state index in [1.54, 1.807) is 0 Å². The number of carbonyl (C=O) groups excluding carboxylic acids is 1. The summed E-state index contributed by atoms with van der Waals surface area (Å²) in [6, 6.07) is 1.16. The fourth-order valence-corrected chi connectivity index (χ4v) is 1.86. The van der Waals surface area contributed by atoms with Crippen LogP contribution in [0.25, 0.3) is 0 Å². The van der Waals surface area contributed by atoms with Gasteiger partial charge in [0.25, 0.3) is 5.56 Å². The summed E-state index contributed by atoms with van der Waals surface area (Å²) in [4.78, 5) is 32.1. The maximum Gasteiger partial charge on any atom is 0.357 e. The van der Waals surface area contributed by atoms with Crippen LogP contribution in [0.2, 0.25) is 0 Å². The molecule has 1 aromatic rings. The van der Waals surface area contributed by atoms with Gasteiger partial charge in [0.1, 0.15) is 0 Å². The predicted octanol–water partition coefficient (Wildman–Crippen LogP) is 0.563. The average molecular weight is 281 g/mol. The van der Waals surface area contributed by atoms with Crippen LogP contribution in [0.15, 0.2) is 10.9 Å². The van der Waals surface area contributed by atoms with Crippen LogP contribution in [0, 0.1) is 0 Å². The molecule has 0 amide bonds. The number of carbonyl (C=O) groups is 1. The number of aromatic nitrogens is 2. The molecule has 20 heavy (non-hydrogen) atoms. The lowest BCUT2D eigenvalue weighted by atomic mass is 10.3. The van der Waals surface area contributed by atoms with Gasteiger partial charge in [-0.3, -0.25) is 9.78 Å². The Hall–Kier alpha value is -1.89. The number of morpholine rings is 1. The molecular weight excluding hydrogens is 262 g/mol. The van der Waals surface area contributed by atoms with Crippen LogP contribution in [-0.4, -0.2) is 48.8 Å². The van der Waals surface area contributed by atoms with E-state index >= 15 is 0 Å². The molecule has 7 heteroatoms. The van der Waals surface area contributed by atoms with E-state index in [4.69, 9.17) is 9.47 Å². The highest BCUT2D eigenvalue weighted by molar-refractivity contribution is 5.87. The van der Waals surface area contributed by atoms with Gasteiger partial charge in [-0.1, -0.05) is 13.3 Å². The van der Waals surface area contributed by atoms with Crippen molar-refractivity contribution < 1.29 is 14.3 Å². The third kappa shape index (κ3) is 3.80. The molecule has 7 nitrogen and oxygen atoms in total. The van der Waals surface area contributed by atoms with Gasteiger partial charge in [0.2, 0.25) is 5.95 Å². The monoisotopic (exact) mass is 281 g/mol. The van der Waals surface area contributed by atoms with E-state index in [-0.39, 0.29) is 11.3 Å². The van der Waals surface area contributed by atoms with Gasteiger partial charge in [0, 0.05) is 19.2 Å². The molecular formula is C13H19N3O4. The molecule has 110 valence electrons. The molecule has 0 aliphatic carbocycles. The number of nitrogens with zero attached hydrogens (tertiary/aromatic N) is 2. The lowest BCUT2D eigenvalue weighted by molar-refractivity contribution is 0.0492. The number of H-pyrrole nitrogens is 1. The molecule has 1 saturated heterocycles. The molecule has 0 radical (unpaired) electrons. The molecule has 1 aliphatic rings. The highest BCUT2D eigenvalue weighted by atomic mass is 16.5. The number of hydrogen-bond donors (Lipinski definition) is 1. The number of anilines is 1. The largest absolute Gasteiger partial charge is 0.461 e. The molecule has 2 heterocycles. The van der Waals surface area contributed by atoms with Gasteiger partial charge >= 0.3 is 5.97 Å². The second-order valence-electron chi connectivity index (χ2n) is 4.54. The molecule has 0 aromatic carbocycles. The highest BCUT2D eigenvalue weighted by Crippen LogP contribution is 2.09. The Labute approximate surface area is 116 Å². The third-order valence-electron chi connectivity index (χ3n) is 2.98. The van der Waals surface area contributed by atoms with Gasteiger partial charge in [-0.15, -0.1) is 0 Å².